The molecule has 2 aromatic rings. The Balaban J connectivity index is 1.75. The van der Waals surface area contributed by atoms with Gasteiger partial charge in [0.25, 0.3) is 0 Å². The fourth-order valence-corrected chi connectivity index (χ4v) is 2.77. The van der Waals surface area contributed by atoms with E-state index in [4.69, 9.17) is 4.74 Å². The summed E-state index contributed by atoms with van der Waals surface area (Å²) >= 11 is 0. The van der Waals surface area contributed by atoms with E-state index in [9.17, 15) is 9.59 Å². The van der Waals surface area contributed by atoms with Gasteiger partial charge in [-0.1, -0.05) is 45.0 Å². The van der Waals surface area contributed by atoms with Crippen LogP contribution in [0.25, 0.3) is 0 Å². The van der Waals surface area contributed by atoms with E-state index >= 15 is 0 Å². The van der Waals surface area contributed by atoms with Crippen LogP contribution >= 0.6 is 0 Å². The zero-order valence-corrected chi connectivity index (χ0v) is 17.9. The Labute approximate surface area is 173 Å². The van der Waals surface area contributed by atoms with E-state index in [0.717, 1.165) is 17.9 Å². The second-order valence-electron chi connectivity index (χ2n) is 8.27. The number of hydrogen-bond donors (Lipinski definition) is 2. The highest BCUT2D eigenvalue weighted by atomic mass is 16.5. The molecule has 0 spiro atoms. The van der Waals surface area contributed by atoms with Gasteiger partial charge in [0.15, 0.2) is 0 Å². The number of nitrogens with zero attached hydrogens (tertiary/aromatic N) is 1. The minimum atomic E-state index is -0.693. The van der Waals surface area contributed by atoms with Crippen LogP contribution in [0.15, 0.2) is 48.5 Å². The van der Waals surface area contributed by atoms with Crippen LogP contribution in [-0.2, 0) is 21.5 Å². The summed E-state index contributed by atoms with van der Waals surface area (Å²) in [6.07, 6.45) is 0. The van der Waals surface area contributed by atoms with Gasteiger partial charge in [0.1, 0.15) is 12.4 Å². The predicted octanol–water partition coefficient (Wildman–Crippen LogP) is 3.18. The van der Waals surface area contributed by atoms with Crippen LogP contribution in [-0.4, -0.2) is 44.0 Å². The van der Waals surface area contributed by atoms with Gasteiger partial charge < -0.3 is 20.3 Å². The first-order valence-corrected chi connectivity index (χ1v) is 9.71. The molecule has 156 valence electrons. The molecule has 0 aliphatic carbocycles. The Morgan fingerprint density at radius 1 is 1.00 bits per heavy atom. The average Bonchev–Trinajstić information content (AvgIpc) is 2.64. The third-order valence-electron chi connectivity index (χ3n) is 4.27. The van der Waals surface area contributed by atoms with Crippen molar-refractivity contribution < 1.29 is 14.3 Å². The van der Waals surface area contributed by atoms with Crippen molar-refractivity contribution in [2.45, 2.75) is 32.7 Å². The molecule has 0 bridgehead atoms. The molecule has 0 radical (unpaired) electrons. The maximum absolute atomic E-state index is 12.1. The molecule has 0 saturated heterocycles. The average molecular weight is 398 g/mol. The minimum Gasteiger partial charge on any atom is -0.492 e. The van der Waals surface area contributed by atoms with Gasteiger partial charge in [0.05, 0.1) is 6.54 Å². The minimum absolute atomic E-state index is 0.0891. The van der Waals surface area contributed by atoms with Crippen molar-refractivity contribution >= 4 is 17.5 Å². The van der Waals surface area contributed by atoms with Crippen LogP contribution < -0.4 is 15.4 Å². The first-order valence-electron chi connectivity index (χ1n) is 9.71. The van der Waals surface area contributed by atoms with Crippen molar-refractivity contribution in [2.24, 2.45) is 0 Å². The number of benzene rings is 2. The van der Waals surface area contributed by atoms with Crippen LogP contribution in [0.3, 0.4) is 0 Å². The standard InChI is InChI=1S/C23H31N3O3/c1-23(2,3)18-9-11-20(12-10-18)29-14-13-24-21(27)22(28)25-19-8-6-7-17(15-19)16-26(4)5/h6-12,15H,13-14,16H2,1-5H3,(H,24,27)(H,25,28). The second-order valence-corrected chi connectivity index (χ2v) is 8.27. The van der Waals surface area contributed by atoms with E-state index in [1.807, 2.05) is 61.5 Å². The SMILES string of the molecule is CN(C)Cc1cccc(NC(=O)C(=O)NCCOc2ccc(C(C)(C)C)cc2)c1. The fraction of sp³-hybridized carbons (Fsp3) is 0.391. The van der Waals surface area contributed by atoms with E-state index < -0.39 is 11.8 Å². The smallest absolute Gasteiger partial charge is 0.313 e. The summed E-state index contributed by atoms with van der Waals surface area (Å²) in [6, 6.07) is 15.3. The lowest BCUT2D eigenvalue weighted by Gasteiger charge is -2.19. The molecule has 0 aliphatic rings. The van der Waals surface area contributed by atoms with Gasteiger partial charge in [-0.2, -0.15) is 0 Å². The highest BCUT2D eigenvalue weighted by Crippen LogP contribution is 2.24. The number of nitrogens with one attached hydrogen (secondary N) is 2. The Bertz CT molecular complexity index is 824. The van der Waals surface area contributed by atoms with Crippen LogP contribution in [0.5, 0.6) is 5.75 Å². The van der Waals surface area contributed by atoms with Gasteiger partial charge in [-0.3, -0.25) is 9.59 Å². The van der Waals surface area contributed by atoms with Crippen LogP contribution in [0, 0.1) is 0 Å². The Kier molecular flexibility index (Phi) is 7.79. The summed E-state index contributed by atoms with van der Waals surface area (Å²) in [7, 11) is 3.94. The Hall–Kier alpha value is -2.86. The molecule has 0 fully saturated rings. The van der Waals surface area contributed by atoms with Gasteiger partial charge >= 0.3 is 11.8 Å². The number of rotatable bonds is 7. The molecule has 29 heavy (non-hydrogen) atoms. The highest BCUT2D eigenvalue weighted by molar-refractivity contribution is 6.39. The van der Waals surface area contributed by atoms with Crippen molar-refractivity contribution in [1.29, 1.82) is 0 Å². The molecule has 2 N–H and O–H groups in total. The highest BCUT2D eigenvalue weighted by Gasteiger charge is 2.14. The lowest BCUT2D eigenvalue weighted by molar-refractivity contribution is -0.136. The summed E-state index contributed by atoms with van der Waals surface area (Å²) in [4.78, 5) is 26.1. The van der Waals surface area contributed by atoms with Gasteiger partial charge in [-0.15, -0.1) is 0 Å². The summed E-state index contributed by atoms with van der Waals surface area (Å²) in [6.45, 7) is 7.75. The van der Waals surface area contributed by atoms with Crippen LogP contribution in [0.2, 0.25) is 0 Å². The summed E-state index contributed by atoms with van der Waals surface area (Å²) in [5.74, 6) is -0.648. The van der Waals surface area contributed by atoms with Crippen molar-refractivity contribution in [2.75, 3.05) is 32.6 Å². The van der Waals surface area contributed by atoms with Crippen molar-refractivity contribution in [3.8, 4) is 5.75 Å². The largest absolute Gasteiger partial charge is 0.492 e. The maximum atomic E-state index is 12.1. The third kappa shape index (κ3) is 7.58. The molecule has 2 aromatic carbocycles. The van der Waals surface area contributed by atoms with Gasteiger partial charge in [0.2, 0.25) is 0 Å². The summed E-state index contributed by atoms with van der Waals surface area (Å²) in [5, 5.41) is 5.20. The van der Waals surface area contributed by atoms with Gasteiger partial charge in [-0.25, -0.2) is 0 Å². The molecule has 6 nitrogen and oxygen atoms in total. The number of carbonyl (C=O) groups is 2. The lowest BCUT2D eigenvalue weighted by atomic mass is 9.87. The molecule has 0 unspecified atom stereocenters. The molecule has 2 rings (SSSR count). The quantitative estimate of drug-likeness (QED) is 0.556. The normalized spacial score (nSPS) is 11.2. The first-order chi connectivity index (χ1) is 13.6. The summed E-state index contributed by atoms with van der Waals surface area (Å²) in [5.41, 5.74) is 2.97. The van der Waals surface area contributed by atoms with Gasteiger partial charge in [-0.05, 0) is 54.9 Å². The molecule has 6 heteroatoms. The van der Waals surface area contributed by atoms with E-state index in [1.54, 1.807) is 6.07 Å². The first kappa shape index (κ1) is 22.4. The number of amides is 2. The molecule has 0 heterocycles. The number of ether oxygens (including phenoxy) is 1. The molecule has 2 amide bonds. The molecular weight excluding hydrogens is 366 g/mol. The summed E-state index contributed by atoms with van der Waals surface area (Å²) < 4.78 is 5.62. The molecule has 0 aromatic heterocycles. The van der Waals surface area contributed by atoms with Crippen LogP contribution in [0.1, 0.15) is 31.9 Å². The zero-order valence-electron chi connectivity index (χ0n) is 17.9. The van der Waals surface area contributed by atoms with Crippen molar-refractivity contribution in [3.63, 3.8) is 0 Å². The molecular formula is C23H31N3O3. The number of hydrogen-bond acceptors (Lipinski definition) is 4. The fourth-order valence-electron chi connectivity index (χ4n) is 2.77. The van der Waals surface area contributed by atoms with E-state index in [1.165, 1.54) is 5.56 Å². The second kappa shape index (κ2) is 10.1. The van der Waals surface area contributed by atoms with E-state index in [0.29, 0.717) is 5.69 Å². The number of anilines is 1. The lowest BCUT2D eigenvalue weighted by Crippen LogP contribution is -2.37. The molecule has 0 atom stereocenters. The van der Waals surface area contributed by atoms with Crippen molar-refractivity contribution in [3.05, 3.63) is 59.7 Å². The monoisotopic (exact) mass is 397 g/mol. The topological polar surface area (TPSA) is 70.7 Å². The van der Waals surface area contributed by atoms with E-state index in [-0.39, 0.29) is 18.6 Å². The Morgan fingerprint density at radius 2 is 1.69 bits per heavy atom. The predicted molar refractivity (Wildman–Crippen MR) is 116 cm³/mol. The maximum Gasteiger partial charge on any atom is 0.313 e. The molecule has 0 aliphatic heterocycles. The van der Waals surface area contributed by atoms with Crippen LogP contribution in [0.4, 0.5) is 5.69 Å². The number of carbonyl (C=O) groups excluding carboxylic acids is 2. The van der Waals surface area contributed by atoms with Crippen molar-refractivity contribution in [1.82, 2.24) is 10.2 Å². The third-order valence-corrected chi connectivity index (χ3v) is 4.27. The Morgan fingerprint density at radius 3 is 2.31 bits per heavy atom. The molecule has 0 saturated carbocycles. The van der Waals surface area contributed by atoms with Gasteiger partial charge in [0, 0.05) is 12.2 Å². The van der Waals surface area contributed by atoms with E-state index in [2.05, 4.69) is 31.4 Å². The zero-order chi connectivity index (χ0) is 21.4.